The fourth-order valence-electron chi connectivity index (χ4n) is 4.16. The summed E-state index contributed by atoms with van der Waals surface area (Å²) in [5, 5.41) is 18.3. The molecule has 0 unspecified atom stereocenters. The van der Waals surface area contributed by atoms with E-state index >= 15 is 0 Å². The minimum Gasteiger partial charge on any atom is -0.478 e. The van der Waals surface area contributed by atoms with Crippen molar-refractivity contribution in [2.75, 3.05) is 11.9 Å². The maximum Gasteiger partial charge on any atom is 0.412 e. The van der Waals surface area contributed by atoms with Gasteiger partial charge in [-0.1, -0.05) is 48.5 Å². The van der Waals surface area contributed by atoms with E-state index in [-0.39, 0.29) is 23.1 Å². The summed E-state index contributed by atoms with van der Waals surface area (Å²) in [4.78, 5) is 24.5. The van der Waals surface area contributed by atoms with Crippen molar-refractivity contribution in [1.82, 2.24) is 9.78 Å². The number of carboxylic acids is 1. The number of carbonyl (C=O) groups is 2. The molecule has 1 aliphatic carbocycles. The monoisotopic (exact) mass is 445 g/mol. The molecule has 5 rings (SSSR count). The zero-order valence-electron chi connectivity index (χ0n) is 17.1. The molecule has 8 heteroatoms. The number of ether oxygens (including phenoxy) is 1. The van der Waals surface area contributed by atoms with Gasteiger partial charge < -0.3 is 9.84 Å². The smallest absolute Gasteiger partial charge is 0.412 e. The molecular weight excluding hydrogens is 426 g/mol. The molecule has 4 aromatic rings. The molecule has 0 radical (unpaired) electrons. The lowest BCUT2D eigenvalue weighted by atomic mass is 9.98. The average molecular weight is 446 g/mol. The van der Waals surface area contributed by atoms with Crippen LogP contribution in [0.4, 0.5) is 9.80 Å². The molecule has 32 heavy (non-hydrogen) atoms. The molecule has 0 saturated carbocycles. The minimum absolute atomic E-state index is 0.0245. The molecule has 2 heterocycles. The lowest BCUT2D eigenvalue weighted by molar-refractivity contribution is 0.0699. The molecule has 7 nitrogen and oxygen atoms in total. The Labute approximate surface area is 187 Å². The number of amides is 1. The highest BCUT2D eigenvalue weighted by molar-refractivity contribution is 7.15. The number of hydrogen-bond donors (Lipinski definition) is 2. The van der Waals surface area contributed by atoms with Gasteiger partial charge in [-0.25, -0.2) is 9.59 Å². The standard InChI is InChI=1S/C24H19N3O4S/c1-27-11-14(10-25-27)20-13-32-22(21(20)23(28)29)26-24(30)31-12-19-17-8-4-2-6-15(17)16-7-3-5-9-18(16)19/h2-11,13,19H,12H2,1H3,(H,26,30)(H,28,29). The SMILES string of the molecule is Cn1cc(-c2csc(NC(=O)OCC3c4ccccc4-c4ccccc43)c2C(=O)O)cn1. The molecule has 1 aliphatic rings. The van der Waals surface area contributed by atoms with Gasteiger partial charge in [0.1, 0.15) is 17.2 Å². The number of rotatable bonds is 5. The van der Waals surface area contributed by atoms with Crippen LogP contribution in [0.3, 0.4) is 0 Å². The highest BCUT2D eigenvalue weighted by Crippen LogP contribution is 2.44. The topological polar surface area (TPSA) is 93.5 Å². The van der Waals surface area contributed by atoms with Gasteiger partial charge in [-0.2, -0.15) is 5.10 Å². The molecule has 2 aromatic heterocycles. The van der Waals surface area contributed by atoms with E-state index in [9.17, 15) is 14.7 Å². The van der Waals surface area contributed by atoms with Crippen LogP contribution in [0.5, 0.6) is 0 Å². The summed E-state index contributed by atoms with van der Waals surface area (Å²) < 4.78 is 7.14. The maximum atomic E-state index is 12.6. The molecule has 0 saturated heterocycles. The molecule has 0 fully saturated rings. The van der Waals surface area contributed by atoms with Crippen LogP contribution >= 0.6 is 11.3 Å². The highest BCUT2D eigenvalue weighted by atomic mass is 32.1. The second-order valence-corrected chi connectivity index (χ2v) is 8.39. The summed E-state index contributed by atoms with van der Waals surface area (Å²) in [5.74, 6) is -1.19. The predicted molar refractivity (Wildman–Crippen MR) is 122 cm³/mol. The molecule has 0 bridgehead atoms. The van der Waals surface area contributed by atoms with E-state index in [0.29, 0.717) is 11.1 Å². The summed E-state index contributed by atoms with van der Waals surface area (Å²) in [6.07, 6.45) is 2.63. The van der Waals surface area contributed by atoms with E-state index in [0.717, 1.165) is 33.6 Å². The number of aromatic nitrogens is 2. The van der Waals surface area contributed by atoms with E-state index in [1.165, 1.54) is 0 Å². The Morgan fingerprint density at radius 2 is 1.75 bits per heavy atom. The Balaban J connectivity index is 1.34. The molecule has 1 amide bonds. The van der Waals surface area contributed by atoms with Crippen LogP contribution in [-0.2, 0) is 11.8 Å². The zero-order chi connectivity index (χ0) is 22.2. The quantitative estimate of drug-likeness (QED) is 0.440. The second-order valence-electron chi connectivity index (χ2n) is 7.51. The summed E-state index contributed by atoms with van der Waals surface area (Å²) in [6.45, 7) is 0.156. The number of carboxylic acid groups (broad SMARTS) is 1. The third kappa shape index (κ3) is 3.44. The van der Waals surface area contributed by atoms with E-state index < -0.39 is 12.1 Å². The van der Waals surface area contributed by atoms with Crippen molar-refractivity contribution in [3.63, 3.8) is 0 Å². The molecule has 160 valence electrons. The highest BCUT2D eigenvalue weighted by Gasteiger charge is 2.29. The Bertz CT molecular complexity index is 1300. The van der Waals surface area contributed by atoms with Crippen molar-refractivity contribution in [2.24, 2.45) is 7.05 Å². The first-order valence-corrected chi connectivity index (χ1v) is 10.9. The van der Waals surface area contributed by atoms with Crippen LogP contribution in [0.2, 0.25) is 0 Å². The number of aryl methyl sites for hydroxylation is 1. The summed E-state index contributed by atoms with van der Waals surface area (Å²) in [6, 6.07) is 16.2. The van der Waals surface area contributed by atoms with E-state index in [1.54, 1.807) is 29.5 Å². The number of hydrogen-bond acceptors (Lipinski definition) is 5. The molecule has 0 atom stereocenters. The minimum atomic E-state index is -1.13. The number of nitrogens with one attached hydrogen (secondary N) is 1. The number of aromatic carboxylic acids is 1. The van der Waals surface area contributed by atoms with Gasteiger partial charge in [0, 0.05) is 35.7 Å². The van der Waals surface area contributed by atoms with Gasteiger partial charge in [0.2, 0.25) is 0 Å². The number of anilines is 1. The third-order valence-corrected chi connectivity index (χ3v) is 6.48. The van der Waals surface area contributed by atoms with Gasteiger partial charge in [-0.05, 0) is 22.3 Å². The van der Waals surface area contributed by atoms with E-state index in [1.807, 2.05) is 36.4 Å². The first-order chi connectivity index (χ1) is 15.5. The summed E-state index contributed by atoms with van der Waals surface area (Å²) >= 11 is 1.14. The molecular formula is C24H19N3O4S. The van der Waals surface area contributed by atoms with Crippen LogP contribution < -0.4 is 5.32 Å². The van der Waals surface area contributed by atoms with Crippen molar-refractivity contribution in [3.8, 4) is 22.3 Å². The average Bonchev–Trinajstić information content (AvgIpc) is 3.48. The van der Waals surface area contributed by atoms with Gasteiger partial charge in [-0.3, -0.25) is 10.00 Å². The predicted octanol–water partition coefficient (Wildman–Crippen LogP) is 5.21. The summed E-state index contributed by atoms with van der Waals surface area (Å²) in [5.41, 5.74) is 5.71. The zero-order valence-corrected chi connectivity index (χ0v) is 17.9. The van der Waals surface area contributed by atoms with Crippen molar-refractivity contribution in [2.45, 2.75) is 5.92 Å². The van der Waals surface area contributed by atoms with Gasteiger partial charge in [0.05, 0.1) is 6.20 Å². The number of benzene rings is 2. The summed E-state index contributed by atoms with van der Waals surface area (Å²) in [7, 11) is 1.76. The van der Waals surface area contributed by atoms with Crippen molar-refractivity contribution in [3.05, 3.63) is 83.0 Å². The molecule has 2 aromatic carbocycles. The molecule has 2 N–H and O–H groups in total. The van der Waals surface area contributed by atoms with Crippen molar-refractivity contribution in [1.29, 1.82) is 0 Å². The lowest BCUT2D eigenvalue weighted by Crippen LogP contribution is -2.18. The maximum absolute atomic E-state index is 12.6. The fourth-order valence-corrected chi connectivity index (χ4v) is 5.11. The van der Waals surface area contributed by atoms with E-state index in [2.05, 4.69) is 22.5 Å². The van der Waals surface area contributed by atoms with Crippen LogP contribution in [0, 0.1) is 0 Å². The van der Waals surface area contributed by atoms with Crippen LogP contribution in [0.1, 0.15) is 27.4 Å². The Hall–Kier alpha value is -3.91. The fraction of sp³-hybridized carbons (Fsp3) is 0.125. The first-order valence-electron chi connectivity index (χ1n) is 9.98. The Kier molecular flexibility index (Phi) is 4.99. The number of fused-ring (bicyclic) bond motifs is 3. The molecule has 0 aliphatic heterocycles. The van der Waals surface area contributed by atoms with Gasteiger partial charge in [0.25, 0.3) is 0 Å². The van der Waals surface area contributed by atoms with Crippen molar-refractivity contribution >= 4 is 28.4 Å². The van der Waals surface area contributed by atoms with E-state index in [4.69, 9.17) is 4.74 Å². The number of nitrogens with zero attached hydrogens (tertiary/aromatic N) is 2. The van der Waals surface area contributed by atoms with Gasteiger partial charge in [0.15, 0.2) is 0 Å². The Morgan fingerprint density at radius 1 is 1.09 bits per heavy atom. The Morgan fingerprint density at radius 3 is 2.34 bits per heavy atom. The number of carbonyl (C=O) groups excluding carboxylic acids is 1. The number of thiophene rings is 1. The van der Waals surface area contributed by atoms with Gasteiger partial charge >= 0.3 is 12.1 Å². The first kappa shape index (κ1) is 20.0. The second kappa shape index (κ2) is 7.97. The van der Waals surface area contributed by atoms with Crippen molar-refractivity contribution < 1.29 is 19.4 Å². The lowest BCUT2D eigenvalue weighted by Gasteiger charge is -2.14. The van der Waals surface area contributed by atoms with Crippen LogP contribution in [0.25, 0.3) is 22.3 Å². The largest absolute Gasteiger partial charge is 0.478 e. The van der Waals surface area contributed by atoms with Crippen LogP contribution in [-0.4, -0.2) is 33.6 Å². The molecule has 0 spiro atoms. The normalized spacial score (nSPS) is 12.3. The van der Waals surface area contributed by atoms with Gasteiger partial charge in [-0.15, -0.1) is 11.3 Å². The van der Waals surface area contributed by atoms with Crippen LogP contribution in [0.15, 0.2) is 66.3 Å². The third-order valence-electron chi connectivity index (χ3n) is 5.58.